The lowest BCUT2D eigenvalue weighted by Crippen LogP contribution is -2.12. The van der Waals surface area contributed by atoms with E-state index in [1.807, 2.05) is 55.4 Å². The summed E-state index contributed by atoms with van der Waals surface area (Å²) in [5, 5.41) is 0. The molecule has 0 N–H and O–H groups in total. The Morgan fingerprint density at radius 2 is 0.500 bits per heavy atom. The van der Waals surface area contributed by atoms with Crippen molar-refractivity contribution in [3.05, 3.63) is 0 Å². The summed E-state index contributed by atoms with van der Waals surface area (Å²) in [5.41, 5.74) is 0.500. The summed E-state index contributed by atoms with van der Waals surface area (Å²) in [6.45, 7) is 29.0. The molecule has 34 heavy (non-hydrogen) atoms. The average molecular weight is 485 g/mol. The van der Waals surface area contributed by atoms with Gasteiger partial charge in [-0.2, -0.15) is 0 Å². The Kier molecular flexibility index (Phi) is 37.5. The first-order valence-electron chi connectivity index (χ1n) is 16.3. The molecule has 0 heteroatoms. The molecule has 0 aliphatic heterocycles. The zero-order chi connectivity index (χ0) is 27.4. The van der Waals surface area contributed by atoms with Crippen molar-refractivity contribution < 1.29 is 0 Å². The zero-order valence-corrected chi connectivity index (χ0v) is 27.4. The molecule has 4 aliphatic carbocycles. The number of rotatable bonds is 0. The lowest BCUT2D eigenvalue weighted by atomic mass is 9.82. The molecule has 4 atom stereocenters. The van der Waals surface area contributed by atoms with Crippen LogP contribution in [0.25, 0.3) is 0 Å². The third kappa shape index (κ3) is 26.6. The number of fused-ring (bicyclic) bond motifs is 2. The molecule has 0 aromatic heterocycles. The van der Waals surface area contributed by atoms with E-state index in [-0.39, 0.29) is 0 Å². The highest BCUT2D eigenvalue weighted by molar-refractivity contribution is 4.81. The van der Waals surface area contributed by atoms with Crippen LogP contribution in [0.5, 0.6) is 0 Å². The summed E-state index contributed by atoms with van der Waals surface area (Å²) < 4.78 is 0. The highest BCUT2D eigenvalue weighted by Gasteiger charge is 2.29. The van der Waals surface area contributed by atoms with Gasteiger partial charge < -0.3 is 0 Å². The van der Waals surface area contributed by atoms with Crippen molar-refractivity contribution in [2.24, 2.45) is 29.1 Å². The molecule has 0 saturated heterocycles. The highest BCUT2D eigenvalue weighted by Crippen LogP contribution is 2.42. The summed E-state index contributed by atoms with van der Waals surface area (Å²) in [7, 11) is 0. The van der Waals surface area contributed by atoms with Crippen molar-refractivity contribution in [2.75, 3.05) is 0 Å². The molecule has 0 radical (unpaired) electrons. The molecular formula is C34H76. The quantitative estimate of drug-likeness (QED) is 0.320. The van der Waals surface area contributed by atoms with Crippen LogP contribution in [-0.2, 0) is 0 Å². The fourth-order valence-corrected chi connectivity index (χ4v) is 5.37. The van der Waals surface area contributed by atoms with E-state index in [9.17, 15) is 0 Å². The van der Waals surface area contributed by atoms with E-state index in [1.165, 1.54) is 68.6 Å². The maximum atomic E-state index is 2.19. The van der Waals surface area contributed by atoms with E-state index in [2.05, 4.69) is 41.5 Å². The van der Waals surface area contributed by atoms with Crippen LogP contribution in [0.15, 0.2) is 0 Å². The van der Waals surface area contributed by atoms with Gasteiger partial charge in [0.15, 0.2) is 0 Å². The van der Waals surface area contributed by atoms with Gasteiger partial charge >= 0.3 is 0 Å². The predicted octanol–water partition coefficient (Wildman–Crippen LogP) is 13.5. The Hall–Kier alpha value is 0. The molecule has 0 bridgehead atoms. The Labute approximate surface area is 222 Å². The van der Waals surface area contributed by atoms with Crippen molar-refractivity contribution in [1.29, 1.82) is 0 Å². The van der Waals surface area contributed by atoms with Gasteiger partial charge in [0.25, 0.3) is 0 Å². The summed E-state index contributed by atoms with van der Waals surface area (Å²) in [6.07, 6.45) is 22.9. The van der Waals surface area contributed by atoms with Crippen molar-refractivity contribution >= 4 is 0 Å². The van der Waals surface area contributed by atoms with E-state index in [0.717, 1.165) is 0 Å². The molecule has 0 heterocycles. The molecule has 0 spiro atoms. The lowest BCUT2D eigenvalue weighted by molar-refractivity contribution is 0.277. The van der Waals surface area contributed by atoms with Crippen LogP contribution in [-0.4, -0.2) is 0 Å². The molecule has 0 aromatic carbocycles. The maximum Gasteiger partial charge on any atom is -0.0386 e. The van der Waals surface area contributed by atoms with Crippen LogP contribution >= 0.6 is 0 Å². The van der Waals surface area contributed by atoms with Gasteiger partial charge in [-0.3, -0.25) is 0 Å². The second-order valence-electron chi connectivity index (χ2n) is 11.2. The Morgan fingerprint density at radius 3 is 0.647 bits per heavy atom. The van der Waals surface area contributed by atoms with Gasteiger partial charge in [-0.25, -0.2) is 0 Å². The molecular weight excluding hydrogens is 408 g/mol. The monoisotopic (exact) mass is 485 g/mol. The van der Waals surface area contributed by atoms with Crippen LogP contribution in [0.3, 0.4) is 0 Å². The summed E-state index contributed by atoms with van der Waals surface area (Å²) in [6, 6.07) is 0. The second-order valence-corrected chi connectivity index (χ2v) is 11.2. The van der Waals surface area contributed by atoms with Gasteiger partial charge in [0, 0.05) is 0 Å². The van der Waals surface area contributed by atoms with Gasteiger partial charge in [0.05, 0.1) is 0 Å². The van der Waals surface area contributed by atoms with Crippen LogP contribution in [0.1, 0.15) is 193 Å². The fraction of sp³-hybridized carbons (Fsp3) is 1.00. The molecule has 0 aromatic rings. The molecule has 212 valence electrons. The van der Waals surface area contributed by atoms with Crippen molar-refractivity contribution in [1.82, 2.24) is 0 Å². The van der Waals surface area contributed by atoms with Crippen LogP contribution in [0, 0.1) is 29.1 Å². The largest absolute Gasteiger partial charge is 0.0683 e. The van der Waals surface area contributed by atoms with Gasteiger partial charge in [0.2, 0.25) is 0 Å². The third-order valence-electron chi connectivity index (χ3n) is 6.43. The topological polar surface area (TPSA) is 0 Å². The first-order chi connectivity index (χ1) is 16.3. The lowest BCUT2D eigenvalue weighted by Gasteiger charge is -2.24. The zero-order valence-electron chi connectivity index (χ0n) is 27.4. The third-order valence-corrected chi connectivity index (χ3v) is 6.43. The number of hydrogen-bond acceptors (Lipinski definition) is 0. The minimum Gasteiger partial charge on any atom is -0.0683 e. The van der Waals surface area contributed by atoms with E-state index < -0.39 is 0 Å². The van der Waals surface area contributed by atoms with Gasteiger partial charge in [-0.05, 0) is 29.1 Å². The van der Waals surface area contributed by atoms with E-state index >= 15 is 0 Å². The van der Waals surface area contributed by atoms with Crippen LogP contribution in [0.2, 0.25) is 0 Å². The van der Waals surface area contributed by atoms with Crippen molar-refractivity contribution in [3.8, 4) is 0 Å². The van der Waals surface area contributed by atoms with Crippen LogP contribution < -0.4 is 0 Å². The van der Waals surface area contributed by atoms with Gasteiger partial charge in [-0.15, -0.1) is 0 Å². The van der Waals surface area contributed by atoms with E-state index in [4.69, 9.17) is 0 Å². The minimum atomic E-state index is 0.500. The smallest absolute Gasteiger partial charge is 0.0386 e. The molecule has 4 unspecified atom stereocenters. The predicted molar refractivity (Wildman–Crippen MR) is 165 cm³/mol. The standard InChI is InChI=1S/2C9H16.C5H12.C3H8.4C2H6/c2*1-2-5-9-7-3-6-8(9)4-1;1-5(2,3)4;1-3-2;4*1-2/h2*8-9H,1-7H2;1-4H3;3H2,1-2H3;4*1-2H3. The summed E-state index contributed by atoms with van der Waals surface area (Å²) in [5.74, 6) is 4.66. The summed E-state index contributed by atoms with van der Waals surface area (Å²) >= 11 is 0. The average Bonchev–Trinajstić information content (AvgIpc) is 3.54. The maximum absolute atomic E-state index is 2.19. The molecule has 4 aliphatic rings. The second kappa shape index (κ2) is 31.0. The van der Waals surface area contributed by atoms with Gasteiger partial charge in [-0.1, -0.05) is 193 Å². The Morgan fingerprint density at radius 1 is 0.382 bits per heavy atom. The SMILES string of the molecule is C1CCC2CCCC2C1.C1CCC2CCCC2C1.CC.CC.CC.CC.CC(C)(C)C.CCC. The Bertz CT molecular complexity index is 267. The molecule has 4 saturated carbocycles. The van der Waals surface area contributed by atoms with Crippen molar-refractivity contribution in [3.63, 3.8) is 0 Å². The molecule has 4 fully saturated rings. The van der Waals surface area contributed by atoms with Crippen molar-refractivity contribution in [2.45, 2.75) is 193 Å². The molecule has 0 nitrogen and oxygen atoms in total. The Balaban J connectivity index is -0.000000169. The minimum absolute atomic E-state index is 0.500. The normalized spacial score (nSPS) is 25.6. The molecule has 0 amide bonds. The highest BCUT2D eigenvalue weighted by atomic mass is 14.3. The van der Waals surface area contributed by atoms with Gasteiger partial charge in [0.1, 0.15) is 0 Å². The fourth-order valence-electron chi connectivity index (χ4n) is 5.37. The van der Waals surface area contributed by atoms with Crippen LogP contribution in [0.4, 0.5) is 0 Å². The molecule has 4 rings (SSSR count). The van der Waals surface area contributed by atoms with E-state index in [0.29, 0.717) is 5.41 Å². The number of hydrogen-bond donors (Lipinski definition) is 0. The summed E-state index contributed by atoms with van der Waals surface area (Å²) in [4.78, 5) is 0. The first kappa shape index (κ1) is 41.1. The first-order valence-corrected chi connectivity index (χ1v) is 16.3. The van der Waals surface area contributed by atoms with E-state index in [1.54, 1.807) is 51.4 Å².